The summed E-state index contributed by atoms with van der Waals surface area (Å²) < 4.78 is 0. The molecule has 0 amide bonds. The summed E-state index contributed by atoms with van der Waals surface area (Å²) in [6.45, 7) is 18.9. The highest BCUT2D eigenvalue weighted by atomic mass is 31.0. The van der Waals surface area contributed by atoms with E-state index >= 15 is 0 Å². The fraction of sp³-hybridized carbons (Fsp3) is 0.688. The molecule has 0 saturated heterocycles. The zero-order valence-corrected chi connectivity index (χ0v) is 14.5. The van der Waals surface area contributed by atoms with E-state index in [4.69, 9.17) is 0 Å². The van der Waals surface area contributed by atoms with E-state index in [2.05, 4.69) is 48.5 Å². The van der Waals surface area contributed by atoms with Gasteiger partial charge >= 0.3 is 0 Å². The van der Waals surface area contributed by atoms with Gasteiger partial charge in [-0.2, -0.15) is 0 Å². The average Bonchev–Trinajstić information content (AvgIpc) is 2.29. The van der Waals surface area contributed by atoms with Gasteiger partial charge < -0.3 is 0 Å². The Morgan fingerprint density at radius 1 is 1.33 bits per heavy atom. The van der Waals surface area contributed by atoms with Crippen LogP contribution in [0.15, 0.2) is 29.4 Å². The monoisotopic (exact) mass is 269 g/mol. The van der Waals surface area contributed by atoms with Crippen molar-refractivity contribution < 1.29 is 0 Å². The number of allylic oxidation sites excluding steroid dienone is 2. The van der Waals surface area contributed by atoms with Gasteiger partial charge in [-0.15, -0.1) is 9.24 Å². The lowest BCUT2D eigenvalue weighted by atomic mass is 9.80. The van der Waals surface area contributed by atoms with Crippen LogP contribution >= 0.6 is 9.24 Å². The average molecular weight is 269 g/mol. The molecule has 0 aromatic rings. The van der Waals surface area contributed by atoms with Crippen LogP contribution in [0.5, 0.6) is 0 Å². The molecule has 0 N–H and O–H groups in total. The Morgan fingerprint density at radius 3 is 2.11 bits per heavy atom. The van der Waals surface area contributed by atoms with Crippen molar-refractivity contribution in [2.75, 3.05) is 0 Å². The van der Waals surface area contributed by atoms with E-state index < -0.39 is 0 Å². The van der Waals surface area contributed by atoms with Gasteiger partial charge in [0.2, 0.25) is 0 Å². The summed E-state index contributed by atoms with van der Waals surface area (Å²) in [5, 5.41) is 0. The van der Waals surface area contributed by atoms with Gasteiger partial charge in [0.15, 0.2) is 0 Å². The van der Waals surface area contributed by atoms with Gasteiger partial charge in [0, 0.05) is 12.4 Å². The van der Waals surface area contributed by atoms with Crippen LogP contribution in [0, 0.1) is 11.3 Å². The highest BCUT2D eigenvalue weighted by molar-refractivity contribution is 7.17. The normalized spacial score (nSPS) is 15.9. The molecule has 0 aromatic carbocycles. The van der Waals surface area contributed by atoms with Crippen LogP contribution in [-0.4, -0.2) is 11.9 Å². The van der Waals surface area contributed by atoms with E-state index in [9.17, 15) is 0 Å². The van der Waals surface area contributed by atoms with Crippen LogP contribution in [0.2, 0.25) is 0 Å². The number of rotatable bonds is 5. The molecule has 0 saturated carbocycles. The van der Waals surface area contributed by atoms with Crippen LogP contribution < -0.4 is 0 Å². The zero-order valence-electron chi connectivity index (χ0n) is 13.3. The Bertz CT molecular complexity index is 269. The Morgan fingerprint density at radius 2 is 1.83 bits per heavy atom. The molecule has 0 aliphatic heterocycles. The first kappa shape index (κ1) is 19.9. The van der Waals surface area contributed by atoms with Gasteiger partial charge in [-0.1, -0.05) is 54.2 Å². The van der Waals surface area contributed by atoms with Crippen LogP contribution in [0.25, 0.3) is 0 Å². The molecule has 0 fully saturated rings. The second-order valence-corrected chi connectivity index (χ2v) is 6.52. The molecule has 0 rings (SSSR count). The van der Waals surface area contributed by atoms with Crippen molar-refractivity contribution in [3.05, 3.63) is 24.4 Å². The topological polar surface area (TPSA) is 12.4 Å². The minimum absolute atomic E-state index is 0.327. The molecule has 106 valence electrons. The predicted molar refractivity (Wildman–Crippen MR) is 90.5 cm³/mol. The molecule has 1 nitrogen and oxygen atoms in total. The smallest absolute Gasteiger partial charge is 0.0298 e. The Hall–Kier alpha value is -0.420. The fourth-order valence-corrected chi connectivity index (χ4v) is 2.09. The summed E-state index contributed by atoms with van der Waals surface area (Å²) in [6, 6.07) is 0. The van der Waals surface area contributed by atoms with E-state index in [-0.39, 0.29) is 0 Å². The van der Waals surface area contributed by atoms with Crippen LogP contribution in [0.1, 0.15) is 54.9 Å². The molecule has 0 bridgehead atoms. The van der Waals surface area contributed by atoms with Crippen LogP contribution in [-0.2, 0) is 0 Å². The summed E-state index contributed by atoms with van der Waals surface area (Å²) in [5.74, 6) is 0.506. The molecular weight excluding hydrogens is 237 g/mol. The Kier molecular flexibility index (Phi) is 11.6. The largest absolute Gasteiger partial charge is 0.269 e. The van der Waals surface area contributed by atoms with Gasteiger partial charge in [0.05, 0.1) is 0 Å². The second-order valence-electron chi connectivity index (χ2n) is 5.47. The summed E-state index contributed by atoms with van der Waals surface area (Å²) >= 11 is 0. The summed E-state index contributed by atoms with van der Waals surface area (Å²) in [5.41, 5.74) is 2.10. The fourth-order valence-electron chi connectivity index (χ4n) is 1.73. The summed E-state index contributed by atoms with van der Waals surface area (Å²) in [6.07, 6.45) is 6.83. The van der Waals surface area contributed by atoms with Gasteiger partial charge in [-0.25, -0.2) is 0 Å². The molecule has 3 atom stereocenters. The Labute approximate surface area is 117 Å². The Balaban J connectivity index is 0. The van der Waals surface area contributed by atoms with Crippen molar-refractivity contribution in [3.63, 3.8) is 0 Å². The molecule has 0 radical (unpaired) electrons. The van der Waals surface area contributed by atoms with Crippen LogP contribution in [0.4, 0.5) is 0 Å². The van der Waals surface area contributed by atoms with E-state index in [1.165, 1.54) is 5.57 Å². The molecular formula is C16H32NP. The van der Waals surface area contributed by atoms with Gasteiger partial charge in [0.1, 0.15) is 0 Å². The molecule has 3 unspecified atom stereocenters. The molecule has 0 spiro atoms. The standard InChI is InChI=1S/C14H26NP.C2H6/c1-7-12(10-15-8-2)13(11(3)16)9-14(4,5)6;1-2/h7-8,10-11,13H,1,9,16H2,2-6H3;1-2H3/b12-10+,15-8?;. The second kappa shape index (κ2) is 10.5. The maximum absolute atomic E-state index is 4.21. The van der Waals surface area contributed by atoms with Crippen LogP contribution in [0.3, 0.4) is 0 Å². The van der Waals surface area contributed by atoms with Crippen molar-refractivity contribution in [3.8, 4) is 0 Å². The molecule has 0 aromatic heterocycles. The lowest BCUT2D eigenvalue weighted by molar-refractivity contribution is 0.318. The van der Waals surface area contributed by atoms with E-state index in [1.807, 2.05) is 39.3 Å². The highest BCUT2D eigenvalue weighted by Gasteiger charge is 2.23. The van der Waals surface area contributed by atoms with E-state index in [1.54, 1.807) is 0 Å². The third-order valence-corrected chi connectivity index (χ3v) is 2.97. The third-order valence-electron chi connectivity index (χ3n) is 2.50. The summed E-state index contributed by atoms with van der Waals surface area (Å²) in [7, 11) is 2.90. The van der Waals surface area contributed by atoms with E-state index in [0.29, 0.717) is 17.0 Å². The van der Waals surface area contributed by atoms with Crippen molar-refractivity contribution in [1.29, 1.82) is 0 Å². The molecule has 18 heavy (non-hydrogen) atoms. The number of aliphatic imine (C=N–C) groups is 1. The van der Waals surface area contributed by atoms with Crippen molar-refractivity contribution in [2.24, 2.45) is 16.3 Å². The molecule has 2 heteroatoms. The quantitative estimate of drug-likeness (QED) is 0.355. The number of nitrogens with zero attached hydrogens (tertiary/aromatic N) is 1. The minimum Gasteiger partial charge on any atom is -0.269 e. The van der Waals surface area contributed by atoms with Crippen molar-refractivity contribution >= 4 is 15.5 Å². The first-order valence-corrected chi connectivity index (χ1v) is 7.54. The lowest BCUT2D eigenvalue weighted by Gasteiger charge is -2.29. The van der Waals surface area contributed by atoms with Crippen molar-refractivity contribution in [2.45, 2.75) is 60.5 Å². The molecule has 0 aliphatic rings. The van der Waals surface area contributed by atoms with E-state index in [0.717, 1.165) is 6.42 Å². The molecule has 0 heterocycles. The first-order chi connectivity index (χ1) is 8.31. The lowest BCUT2D eigenvalue weighted by Crippen LogP contribution is -2.20. The zero-order chi connectivity index (χ0) is 14.8. The number of hydrogen-bond donors (Lipinski definition) is 0. The third kappa shape index (κ3) is 9.59. The van der Waals surface area contributed by atoms with Gasteiger partial charge in [0.25, 0.3) is 0 Å². The number of hydrogen-bond acceptors (Lipinski definition) is 1. The highest BCUT2D eigenvalue weighted by Crippen LogP contribution is 2.34. The minimum atomic E-state index is 0.327. The summed E-state index contributed by atoms with van der Waals surface area (Å²) in [4.78, 5) is 4.21. The molecule has 0 aliphatic carbocycles. The van der Waals surface area contributed by atoms with Gasteiger partial charge in [-0.3, -0.25) is 4.99 Å². The maximum atomic E-state index is 4.21. The van der Waals surface area contributed by atoms with Crippen molar-refractivity contribution in [1.82, 2.24) is 0 Å². The predicted octanol–water partition coefficient (Wildman–Crippen LogP) is 5.49. The van der Waals surface area contributed by atoms with Gasteiger partial charge in [-0.05, 0) is 35.9 Å². The SMILES string of the molecule is C=C/C(=C\N=CC)C(CC(C)(C)C)C(C)P.CC. The first-order valence-electron chi connectivity index (χ1n) is 6.87. The maximum Gasteiger partial charge on any atom is 0.0298 e.